The van der Waals surface area contributed by atoms with Gasteiger partial charge in [0.05, 0.1) is 11.9 Å². The average molecular weight is 453 g/mol. The van der Waals surface area contributed by atoms with Gasteiger partial charge in [0.1, 0.15) is 0 Å². The maximum atomic E-state index is 12.1. The van der Waals surface area contributed by atoms with E-state index in [9.17, 15) is 4.79 Å². The Morgan fingerprint density at radius 2 is 1.69 bits per heavy atom. The van der Waals surface area contributed by atoms with E-state index in [1.807, 2.05) is 25.1 Å². The number of carbonyl (C=O) groups is 1. The van der Waals surface area contributed by atoms with Gasteiger partial charge in [0.15, 0.2) is 0 Å². The number of anilines is 1. The molecule has 0 spiro atoms. The Kier molecular flexibility index (Phi) is 6.23. The zero-order chi connectivity index (χ0) is 21.1. The molecule has 0 bridgehead atoms. The van der Waals surface area contributed by atoms with Crippen LogP contribution in [-0.4, -0.2) is 16.8 Å². The molecule has 0 radical (unpaired) electrons. The van der Waals surface area contributed by atoms with Crippen molar-refractivity contribution in [3.05, 3.63) is 80.6 Å². The van der Waals surface area contributed by atoms with E-state index in [-0.39, 0.29) is 6.03 Å². The number of aryl methyl sites for hydroxylation is 4. The Balaban J connectivity index is 1.74. The van der Waals surface area contributed by atoms with E-state index in [0.29, 0.717) is 5.69 Å². The van der Waals surface area contributed by atoms with Gasteiger partial charge in [-0.05, 0) is 75.6 Å². The van der Waals surface area contributed by atoms with E-state index in [2.05, 4.69) is 88.3 Å². The first-order valence-corrected chi connectivity index (χ1v) is 10.2. The van der Waals surface area contributed by atoms with Crippen molar-refractivity contribution in [3.8, 4) is 5.69 Å². The zero-order valence-corrected chi connectivity index (χ0v) is 18.9. The summed E-state index contributed by atoms with van der Waals surface area (Å²) in [4.78, 5) is 12.1. The predicted molar refractivity (Wildman–Crippen MR) is 123 cm³/mol. The van der Waals surface area contributed by atoms with Crippen LogP contribution < -0.4 is 10.7 Å². The standard InChI is InChI=1S/C23H25BrN4O/c1-14-7-6-8-15(2)22(14)28-17(4)12-19(18(28)5)13-25-27-23(29)26-20-9-10-21(24)16(3)11-20/h6-13H,1-5H3,(H2,26,27,29)/b25-13-. The van der Waals surface area contributed by atoms with Gasteiger partial charge in [-0.15, -0.1) is 0 Å². The molecular formula is C23H25BrN4O. The highest BCUT2D eigenvalue weighted by molar-refractivity contribution is 9.10. The molecule has 0 saturated carbocycles. The van der Waals surface area contributed by atoms with Gasteiger partial charge < -0.3 is 9.88 Å². The monoisotopic (exact) mass is 452 g/mol. The van der Waals surface area contributed by atoms with Crippen LogP contribution in [0.1, 0.15) is 33.6 Å². The summed E-state index contributed by atoms with van der Waals surface area (Å²) in [6.45, 7) is 10.3. The van der Waals surface area contributed by atoms with Crippen LogP contribution >= 0.6 is 15.9 Å². The summed E-state index contributed by atoms with van der Waals surface area (Å²) in [6, 6.07) is 13.6. The van der Waals surface area contributed by atoms with Gasteiger partial charge in [-0.1, -0.05) is 34.1 Å². The molecule has 3 rings (SSSR count). The number of aromatic nitrogens is 1. The van der Waals surface area contributed by atoms with E-state index in [4.69, 9.17) is 0 Å². The van der Waals surface area contributed by atoms with Crippen molar-refractivity contribution in [1.29, 1.82) is 0 Å². The SMILES string of the molecule is Cc1cc(NC(=O)N/N=C\c2cc(C)n(-c3c(C)cccc3C)c2C)ccc1Br. The molecule has 5 nitrogen and oxygen atoms in total. The maximum absolute atomic E-state index is 12.1. The molecule has 2 amide bonds. The number of benzene rings is 2. The molecule has 3 aromatic rings. The van der Waals surface area contributed by atoms with Gasteiger partial charge in [0, 0.05) is 27.1 Å². The number of hydrogen-bond donors (Lipinski definition) is 2. The molecule has 0 fully saturated rings. The minimum absolute atomic E-state index is 0.383. The van der Waals surface area contributed by atoms with E-state index in [1.54, 1.807) is 6.21 Å². The molecule has 150 valence electrons. The Bertz CT molecular complexity index is 1080. The van der Waals surface area contributed by atoms with E-state index in [1.165, 1.54) is 16.8 Å². The molecule has 0 aliphatic rings. The van der Waals surface area contributed by atoms with Crippen LogP contribution in [0.4, 0.5) is 10.5 Å². The van der Waals surface area contributed by atoms with E-state index < -0.39 is 0 Å². The summed E-state index contributed by atoms with van der Waals surface area (Å²) in [5.41, 5.74) is 11.1. The molecule has 2 N–H and O–H groups in total. The van der Waals surface area contributed by atoms with Gasteiger partial charge in [-0.3, -0.25) is 0 Å². The first kappa shape index (κ1) is 20.9. The van der Waals surface area contributed by atoms with Crippen molar-refractivity contribution in [2.24, 2.45) is 5.10 Å². The fourth-order valence-corrected chi connectivity index (χ4v) is 3.71. The van der Waals surface area contributed by atoms with Crippen LogP contribution in [0, 0.1) is 34.6 Å². The minimum atomic E-state index is -0.383. The number of rotatable bonds is 4. The Morgan fingerprint density at radius 3 is 2.34 bits per heavy atom. The Labute approximate surface area is 180 Å². The van der Waals surface area contributed by atoms with Crippen LogP contribution in [0.5, 0.6) is 0 Å². The molecule has 1 heterocycles. The number of halogens is 1. The summed E-state index contributed by atoms with van der Waals surface area (Å²) in [6.07, 6.45) is 1.68. The van der Waals surface area contributed by atoms with Crippen molar-refractivity contribution in [1.82, 2.24) is 9.99 Å². The smallest absolute Gasteiger partial charge is 0.317 e. The first-order valence-electron chi connectivity index (χ1n) is 9.39. The van der Waals surface area contributed by atoms with Gasteiger partial charge in [0.25, 0.3) is 0 Å². The van der Waals surface area contributed by atoms with Crippen LogP contribution in [-0.2, 0) is 0 Å². The molecule has 0 aliphatic carbocycles. The lowest BCUT2D eigenvalue weighted by atomic mass is 10.1. The summed E-state index contributed by atoms with van der Waals surface area (Å²) in [7, 11) is 0. The highest BCUT2D eigenvalue weighted by Gasteiger charge is 2.13. The van der Waals surface area contributed by atoms with Crippen LogP contribution in [0.25, 0.3) is 5.69 Å². The zero-order valence-electron chi connectivity index (χ0n) is 17.3. The fraction of sp³-hybridized carbons (Fsp3) is 0.217. The van der Waals surface area contributed by atoms with Gasteiger partial charge in [-0.2, -0.15) is 5.10 Å². The summed E-state index contributed by atoms with van der Waals surface area (Å²) in [5.74, 6) is 0. The quantitative estimate of drug-likeness (QED) is 0.373. The molecule has 0 atom stereocenters. The highest BCUT2D eigenvalue weighted by atomic mass is 79.9. The number of hydrazone groups is 1. The van der Waals surface area contributed by atoms with Crippen LogP contribution in [0.3, 0.4) is 0 Å². The summed E-state index contributed by atoms with van der Waals surface area (Å²) in [5, 5.41) is 6.90. The molecule has 0 saturated heterocycles. The second-order valence-electron chi connectivity index (χ2n) is 7.19. The van der Waals surface area contributed by atoms with Crippen LogP contribution in [0.15, 0.2) is 52.0 Å². The van der Waals surface area contributed by atoms with Crippen molar-refractivity contribution in [2.75, 3.05) is 5.32 Å². The lowest BCUT2D eigenvalue weighted by molar-refractivity contribution is 0.252. The third kappa shape index (κ3) is 4.59. The third-order valence-electron chi connectivity index (χ3n) is 4.92. The van der Waals surface area contributed by atoms with Crippen molar-refractivity contribution >= 4 is 33.9 Å². The number of urea groups is 1. The fourth-order valence-electron chi connectivity index (χ4n) is 3.46. The second-order valence-corrected chi connectivity index (χ2v) is 8.04. The average Bonchev–Trinajstić information content (AvgIpc) is 2.92. The molecule has 6 heteroatoms. The third-order valence-corrected chi connectivity index (χ3v) is 5.81. The largest absolute Gasteiger partial charge is 0.339 e. The minimum Gasteiger partial charge on any atom is -0.317 e. The lowest BCUT2D eigenvalue weighted by Crippen LogP contribution is -2.24. The molecule has 2 aromatic carbocycles. The number of nitrogens with zero attached hydrogens (tertiary/aromatic N) is 2. The number of amides is 2. The first-order chi connectivity index (χ1) is 13.8. The normalized spacial score (nSPS) is 11.1. The number of carbonyl (C=O) groups excluding carboxylic acids is 1. The lowest BCUT2D eigenvalue weighted by Gasteiger charge is -2.15. The van der Waals surface area contributed by atoms with Crippen LogP contribution in [0.2, 0.25) is 0 Å². The number of nitrogens with one attached hydrogen (secondary N) is 2. The van der Waals surface area contributed by atoms with Crippen molar-refractivity contribution in [2.45, 2.75) is 34.6 Å². The second kappa shape index (κ2) is 8.66. The Hall–Kier alpha value is -2.86. The van der Waals surface area contributed by atoms with E-state index in [0.717, 1.165) is 27.0 Å². The molecule has 1 aromatic heterocycles. The topological polar surface area (TPSA) is 58.4 Å². The van der Waals surface area contributed by atoms with Gasteiger partial charge in [-0.25, -0.2) is 10.2 Å². The highest BCUT2D eigenvalue weighted by Crippen LogP contribution is 2.25. The maximum Gasteiger partial charge on any atom is 0.339 e. The molecular weight excluding hydrogens is 428 g/mol. The van der Waals surface area contributed by atoms with Crippen molar-refractivity contribution in [3.63, 3.8) is 0 Å². The number of para-hydroxylation sites is 1. The molecule has 29 heavy (non-hydrogen) atoms. The van der Waals surface area contributed by atoms with Gasteiger partial charge in [0.2, 0.25) is 0 Å². The van der Waals surface area contributed by atoms with E-state index >= 15 is 0 Å². The summed E-state index contributed by atoms with van der Waals surface area (Å²) < 4.78 is 3.23. The number of hydrogen-bond acceptors (Lipinski definition) is 2. The molecule has 0 unspecified atom stereocenters. The van der Waals surface area contributed by atoms with Gasteiger partial charge >= 0.3 is 6.03 Å². The Morgan fingerprint density at radius 1 is 1.00 bits per heavy atom. The van der Waals surface area contributed by atoms with Crippen molar-refractivity contribution < 1.29 is 4.79 Å². The molecule has 0 aliphatic heterocycles. The summed E-state index contributed by atoms with van der Waals surface area (Å²) >= 11 is 3.45. The predicted octanol–water partition coefficient (Wildman–Crippen LogP) is 5.94.